The molecule has 0 aliphatic heterocycles. The number of aromatic nitrogens is 1. The smallest absolute Gasteiger partial charge is 0.221 e. The Bertz CT molecular complexity index is 1090. The van der Waals surface area contributed by atoms with E-state index in [0.29, 0.717) is 23.5 Å². The van der Waals surface area contributed by atoms with Crippen LogP contribution in [0.2, 0.25) is 0 Å². The molecule has 5 nitrogen and oxygen atoms in total. The number of anilines is 1. The van der Waals surface area contributed by atoms with E-state index in [-0.39, 0.29) is 11.7 Å². The Balaban J connectivity index is 2.06. The zero-order valence-electron chi connectivity index (χ0n) is 14.5. The van der Waals surface area contributed by atoms with Crippen LogP contribution in [0.4, 0.5) is 5.69 Å². The number of nitrogens with zero attached hydrogens (tertiary/aromatic N) is 2. The minimum absolute atomic E-state index is 0.127. The molecule has 0 aliphatic carbocycles. The largest absolute Gasteiger partial charge is 0.508 e. The maximum absolute atomic E-state index is 11.1. The fraction of sp³-hybridized carbons (Fsp3) is 0.143. The molecule has 0 radical (unpaired) electrons. The molecule has 1 amide bonds. The summed E-state index contributed by atoms with van der Waals surface area (Å²) in [6.07, 6.45) is 0. The maximum Gasteiger partial charge on any atom is 0.221 e. The number of benzene rings is 2. The van der Waals surface area contributed by atoms with Gasteiger partial charge in [-0.1, -0.05) is 5.92 Å². The van der Waals surface area contributed by atoms with Crippen LogP contribution in [0, 0.1) is 23.2 Å². The minimum Gasteiger partial charge on any atom is -0.508 e. The van der Waals surface area contributed by atoms with Gasteiger partial charge in [0.1, 0.15) is 17.5 Å². The number of amides is 1. The number of nitrogens with one attached hydrogen (secondary N) is 1. The van der Waals surface area contributed by atoms with Gasteiger partial charge >= 0.3 is 0 Å². The third-order valence-electron chi connectivity index (χ3n) is 4.01. The van der Waals surface area contributed by atoms with Gasteiger partial charge in [0.2, 0.25) is 5.91 Å². The summed E-state index contributed by atoms with van der Waals surface area (Å²) in [5.41, 5.74) is 3.40. The normalized spacial score (nSPS) is 10.0. The van der Waals surface area contributed by atoms with Gasteiger partial charge in [-0.25, -0.2) is 0 Å². The summed E-state index contributed by atoms with van der Waals surface area (Å²) in [7, 11) is 0. The molecule has 0 unspecified atom stereocenters. The van der Waals surface area contributed by atoms with Crippen LogP contribution in [0.1, 0.15) is 30.7 Å². The van der Waals surface area contributed by atoms with E-state index in [2.05, 4.69) is 23.2 Å². The topological polar surface area (TPSA) is 78.0 Å². The third-order valence-corrected chi connectivity index (χ3v) is 4.01. The molecular formula is C21H17N3O2. The Morgan fingerprint density at radius 1 is 1.19 bits per heavy atom. The maximum atomic E-state index is 11.1. The van der Waals surface area contributed by atoms with E-state index in [1.807, 2.05) is 23.6 Å². The molecule has 0 bridgehead atoms. The number of carbonyl (C=O) groups excluding carboxylic acids is 1. The van der Waals surface area contributed by atoms with Gasteiger partial charge in [-0.3, -0.25) is 4.79 Å². The van der Waals surface area contributed by atoms with E-state index in [0.717, 1.165) is 16.5 Å². The van der Waals surface area contributed by atoms with Crippen molar-refractivity contribution in [1.82, 2.24) is 4.57 Å². The summed E-state index contributed by atoms with van der Waals surface area (Å²) < 4.78 is 1.92. The van der Waals surface area contributed by atoms with E-state index in [4.69, 9.17) is 0 Å². The van der Waals surface area contributed by atoms with E-state index in [9.17, 15) is 15.2 Å². The predicted octanol–water partition coefficient (Wildman–Crippen LogP) is 3.60. The summed E-state index contributed by atoms with van der Waals surface area (Å²) in [6, 6.07) is 14.4. The lowest BCUT2D eigenvalue weighted by molar-refractivity contribution is -0.114. The molecule has 3 rings (SSSR count). The van der Waals surface area contributed by atoms with Gasteiger partial charge in [-0.15, -0.1) is 0 Å². The van der Waals surface area contributed by atoms with Crippen molar-refractivity contribution in [1.29, 1.82) is 5.26 Å². The number of phenols is 1. The van der Waals surface area contributed by atoms with E-state index >= 15 is 0 Å². The van der Waals surface area contributed by atoms with Gasteiger partial charge in [0, 0.05) is 36.2 Å². The van der Waals surface area contributed by atoms with Gasteiger partial charge in [-0.05, 0) is 49.2 Å². The highest BCUT2D eigenvalue weighted by atomic mass is 16.3. The van der Waals surface area contributed by atoms with Crippen LogP contribution >= 0.6 is 0 Å². The van der Waals surface area contributed by atoms with Crippen LogP contribution in [0.5, 0.6) is 5.75 Å². The molecule has 0 saturated carbocycles. The summed E-state index contributed by atoms with van der Waals surface area (Å²) >= 11 is 0. The third kappa shape index (κ3) is 3.24. The number of nitriles is 1. The van der Waals surface area contributed by atoms with Crippen molar-refractivity contribution >= 4 is 22.5 Å². The highest BCUT2D eigenvalue weighted by Gasteiger charge is 2.15. The first-order valence-corrected chi connectivity index (χ1v) is 8.18. The molecular weight excluding hydrogens is 326 g/mol. The zero-order valence-corrected chi connectivity index (χ0v) is 14.5. The van der Waals surface area contributed by atoms with E-state index in [1.54, 1.807) is 30.3 Å². The number of carbonyl (C=O) groups is 1. The molecule has 26 heavy (non-hydrogen) atoms. The molecule has 1 heterocycles. The molecule has 0 fully saturated rings. The second-order valence-electron chi connectivity index (χ2n) is 5.79. The molecule has 128 valence electrons. The number of hydrogen-bond donors (Lipinski definition) is 2. The SMILES string of the molecule is CCn1c(C#Cc2ccc(NC(C)=O)cc2)c(C#N)c2ccc(O)cc21. The van der Waals surface area contributed by atoms with Crippen molar-refractivity contribution in [3.63, 3.8) is 0 Å². The quantitative estimate of drug-likeness (QED) is 0.698. The molecule has 0 aliphatic rings. The van der Waals surface area contributed by atoms with Gasteiger partial charge in [0.25, 0.3) is 0 Å². The molecule has 0 spiro atoms. The Labute approximate surface area is 151 Å². The van der Waals surface area contributed by atoms with Gasteiger partial charge < -0.3 is 15.0 Å². The Kier molecular flexibility index (Phi) is 4.64. The summed E-state index contributed by atoms with van der Waals surface area (Å²) in [5.74, 6) is 6.19. The first-order valence-electron chi connectivity index (χ1n) is 8.18. The van der Waals surface area contributed by atoms with Crippen molar-refractivity contribution < 1.29 is 9.90 Å². The zero-order chi connectivity index (χ0) is 18.7. The molecule has 0 saturated heterocycles. The van der Waals surface area contributed by atoms with Crippen molar-refractivity contribution in [2.24, 2.45) is 0 Å². The van der Waals surface area contributed by atoms with Crippen LogP contribution < -0.4 is 5.32 Å². The van der Waals surface area contributed by atoms with Crippen LogP contribution in [-0.4, -0.2) is 15.6 Å². The first-order chi connectivity index (χ1) is 12.5. The minimum atomic E-state index is -0.127. The van der Waals surface area contributed by atoms with Crippen LogP contribution in [0.25, 0.3) is 10.9 Å². The molecule has 0 atom stereocenters. The van der Waals surface area contributed by atoms with Crippen LogP contribution in [0.3, 0.4) is 0 Å². The number of aryl methyl sites for hydroxylation is 1. The molecule has 5 heteroatoms. The van der Waals surface area contributed by atoms with Crippen molar-refractivity contribution in [3.8, 4) is 23.7 Å². The number of aromatic hydroxyl groups is 1. The summed E-state index contributed by atoms with van der Waals surface area (Å²) in [6.45, 7) is 4.06. The molecule has 3 aromatic rings. The van der Waals surface area contributed by atoms with Crippen molar-refractivity contribution in [2.75, 3.05) is 5.32 Å². The first kappa shape index (κ1) is 17.1. The van der Waals surface area contributed by atoms with Gasteiger partial charge in [0.15, 0.2) is 0 Å². The number of hydrogen-bond acceptors (Lipinski definition) is 3. The second-order valence-corrected chi connectivity index (χ2v) is 5.79. The summed E-state index contributed by atoms with van der Waals surface area (Å²) in [5, 5.41) is 22.8. The number of rotatable bonds is 2. The van der Waals surface area contributed by atoms with Crippen molar-refractivity contribution in [3.05, 3.63) is 59.3 Å². The Morgan fingerprint density at radius 3 is 2.54 bits per heavy atom. The highest BCUT2D eigenvalue weighted by molar-refractivity contribution is 5.90. The molecule has 2 N–H and O–H groups in total. The lowest BCUT2D eigenvalue weighted by atomic mass is 10.1. The number of fused-ring (bicyclic) bond motifs is 1. The van der Waals surface area contributed by atoms with E-state index in [1.165, 1.54) is 6.92 Å². The average molecular weight is 343 g/mol. The Hall–Kier alpha value is -3.70. The molecule has 2 aromatic carbocycles. The van der Waals surface area contributed by atoms with Crippen molar-refractivity contribution in [2.45, 2.75) is 20.4 Å². The fourth-order valence-corrected chi connectivity index (χ4v) is 2.88. The fourth-order valence-electron chi connectivity index (χ4n) is 2.88. The predicted molar refractivity (Wildman–Crippen MR) is 101 cm³/mol. The van der Waals surface area contributed by atoms with Gasteiger partial charge in [-0.2, -0.15) is 5.26 Å². The van der Waals surface area contributed by atoms with Crippen LogP contribution in [0.15, 0.2) is 42.5 Å². The van der Waals surface area contributed by atoms with Gasteiger partial charge in [0.05, 0.1) is 11.1 Å². The average Bonchev–Trinajstić information content (AvgIpc) is 2.92. The number of phenolic OH excluding ortho intramolecular Hbond substituents is 1. The summed E-state index contributed by atoms with van der Waals surface area (Å²) in [4.78, 5) is 11.1. The Morgan fingerprint density at radius 2 is 1.92 bits per heavy atom. The standard InChI is InChI=1S/C21H17N3O2/c1-3-24-20(19(13-22)18-10-9-17(26)12-21(18)24)11-6-15-4-7-16(8-5-15)23-14(2)25/h4-5,7-10,12,26H,3H2,1-2H3,(H,23,25). The van der Waals surface area contributed by atoms with E-state index < -0.39 is 0 Å². The van der Waals surface area contributed by atoms with Crippen LogP contribution in [-0.2, 0) is 11.3 Å². The monoisotopic (exact) mass is 343 g/mol. The lowest BCUT2D eigenvalue weighted by Gasteiger charge is -2.03. The lowest BCUT2D eigenvalue weighted by Crippen LogP contribution is -2.05. The highest BCUT2D eigenvalue weighted by Crippen LogP contribution is 2.28. The molecule has 1 aromatic heterocycles. The second kappa shape index (κ2) is 7.04.